The fraction of sp³-hybridized carbons (Fsp3) is 0.188. The number of nitrogens with one attached hydrogen (secondary N) is 1. The highest BCUT2D eigenvalue weighted by molar-refractivity contribution is 5.94. The van der Waals surface area contributed by atoms with Crippen molar-refractivity contribution in [3.63, 3.8) is 0 Å². The summed E-state index contributed by atoms with van der Waals surface area (Å²) in [6, 6.07) is 14.0. The lowest BCUT2D eigenvalue weighted by Crippen LogP contribution is -2.30. The van der Waals surface area contributed by atoms with Crippen LogP contribution in [0.25, 0.3) is 0 Å². The minimum atomic E-state index is -0.695. The van der Waals surface area contributed by atoms with Crippen molar-refractivity contribution in [1.82, 2.24) is 0 Å². The molecule has 1 amide bonds. The number of carbonyl (C=O) groups excluding carboxylic acids is 1. The van der Waals surface area contributed by atoms with Gasteiger partial charge in [0.25, 0.3) is 5.91 Å². The van der Waals surface area contributed by atoms with E-state index in [2.05, 4.69) is 5.32 Å². The van der Waals surface area contributed by atoms with E-state index in [9.17, 15) is 9.90 Å². The average Bonchev–Trinajstić information content (AvgIpc) is 2.47. The van der Waals surface area contributed by atoms with E-state index in [4.69, 9.17) is 10.5 Å². The highest BCUT2D eigenvalue weighted by Gasteiger charge is 2.16. The largest absolute Gasteiger partial charge is 0.481 e. The number of nitrogen functional groups attached to an aromatic ring is 1. The molecule has 0 aliphatic heterocycles. The number of anilines is 2. The minimum Gasteiger partial charge on any atom is -0.481 e. The van der Waals surface area contributed by atoms with Crippen LogP contribution in [-0.4, -0.2) is 17.1 Å². The Morgan fingerprint density at radius 1 is 1.29 bits per heavy atom. The first-order valence-corrected chi connectivity index (χ1v) is 6.62. The van der Waals surface area contributed by atoms with Crippen molar-refractivity contribution >= 4 is 17.3 Å². The maximum atomic E-state index is 12.1. The average molecular weight is 286 g/mol. The van der Waals surface area contributed by atoms with Gasteiger partial charge in [0.1, 0.15) is 5.75 Å². The summed E-state index contributed by atoms with van der Waals surface area (Å²) in [6.07, 6.45) is -0.695. The Bertz CT molecular complexity index is 628. The summed E-state index contributed by atoms with van der Waals surface area (Å²) in [5, 5.41) is 12.0. The Labute approximate surface area is 123 Å². The number of hydrogen-bond donors (Lipinski definition) is 3. The second kappa shape index (κ2) is 6.76. The van der Waals surface area contributed by atoms with Gasteiger partial charge < -0.3 is 20.9 Å². The number of ether oxygens (including phenoxy) is 1. The first kappa shape index (κ1) is 14.9. The van der Waals surface area contributed by atoms with Gasteiger partial charge in [-0.25, -0.2) is 0 Å². The molecule has 5 heteroatoms. The van der Waals surface area contributed by atoms with Gasteiger partial charge >= 0.3 is 0 Å². The van der Waals surface area contributed by atoms with Crippen molar-refractivity contribution in [3.8, 4) is 5.75 Å². The SMILES string of the molecule is CC(Oc1ccccc1CO)C(=O)Nc1cccc(N)c1. The summed E-state index contributed by atoms with van der Waals surface area (Å²) in [7, 11) is 0. The first-order valence-electron chi connectivity index (χ1n) is 6.62. The van der Waals surface area contributed by atoms with Gasteiger partial charge in [-0.15, -0.1) is 0 Å². The summed E-state index contributed by atoms with van der Waals surface area (Å²) < 4.78 is 5.60. The predicted octanol–water partition coefficient (Wildman–Crippen LogP) is 2.17. The molecule has 110 valence electrons. The predicted molar refractivity (Wildman–Crippen MR) is 81.9 cm³/mol. The van der Waals surface area contributed by atoms with Crippen molar-refractivity contribution in [2.45, 2.75) is 19.6 Å². The monoisotopic (exact) mass is 286 g/mol. The van der Waals surface area contributed by atoms with Crippen LogP contribution < -0.4 is 15.8 Å². The molecule has 2 aromatic carbocycles. The van der Waals surface area contributed by atoms with Gasteiger partial charge in [0.15, 0.2) is 6.10 Å². The highest BCUT2D eigenvalue weighted by atomic mass is 16.5. The van der Waals surface area contributed by atoms with Crippen molar-refractivity contribution in [1.29, 1.82) is 0 Å². The molecule has 2 rings (SSSR count). The highest BCUT2D eigenvalue weighted by Crippen LogP contribution is 2.20. The Balaban J connectivity index is 2.02. The van der Waals surface area contributed by atoms with Crippen molar-refractivity contribution < 1.29 is 14.6 Å². The topological polar surface area (TPSA) is 84.6 Å². The Hall–Kier alpha value is -2.53. The first-order chi connectivity index (χ1) is 10.1. The summed E-state index contributed by atoms with van der Waals surface area (Å²) in [5.74, 6) is 0.212. The van der Waals surface area contributed by atoms with Crippen LogP contribution in [0.5, 0.6) is 5.75 Å². The second-order valence-electron chi connectivity index (χ2n) is 4.64. The minimum absolute atomic E-state index is 0.139. The van der Waals surface area contributed by atoms with Gasteiger partial charge in [-0.1, -0.05) is 24.3 Å². The van der Waals surface area contributed by atoms with Gasteiger partial charge in [0.05, 0.1) is 6.61 Å². The van der Waals surface area contributed by atoms with Crippen LogP contribution in [0.2, 0.25) is 0 Å². The lowest BCUT2D eigenvalue weighted by Gasteiger charge is -2.16. The molecule has 0 heterocycles. The van der Waals surface area contributed by atoms with E-state index in [-0.39, 0.29) is 12.5 Å². The molecule has 0 aromatic heterocycles. The number of carbonyl (C=O) groups is 1. The molecule has 5 nitrogen and oxygen atoms in total. The molecule has 0 saturated carbocycles. The van der Waals surface area contributed by atoms with Crippen LogP contribution in [-0.2, 0) is 11.4 Å². The lowest BCUT2D eigenvalue weighted by atomic mass is 10.2. The zero-order chi connectivity index (χ0) is 15.2. The summed E-state index contributed by atoms with van der Waals surface area (Å²) in [4.78, 5) is 12.1. The zero-order valence-electron chi connectivity index (χ0n) is 11.7. The number of aliphatic hydroxyl groups is 1. The normalized spacial score (nSPS) is 11.7. The van der Waals surface area contributed by atoms with Crippen LogP contribution in [0, 0.1) is 0 Å². The van der Waals surface area contributed by atoms with Crippen LogP contribution in [0.1, 0.15) is 12.5 Å². The Morgan fingerprint density at radius 2 is 2.05 bits per heavy atom. The quantitative estimate of drug-likeness (QED) is 0.735. The molecule has 0 fully saturated rings. The van der Waals surface area contributed by atoms with Gasteiger partial charge in [0, 0.05) is 16.9 Å². The Morgan fingerprint density at radius 3 is 2.76 bits per heavy atom. The maximum Gasteiger partial charge on any atom is 0.265 e. The molecule has 2 aromatic rings. The summed E-state index contributed by atoms with van der Waals surface area (Å²) in [6.45, 7) is 1.51. The number of hydrogen-bond acceptors (Lipinski definition) is 4. The number of benzene rings is 2. The standard InChI is InChI=1S/C16H18N2O3/c1-11(21-15-8-3-2-5-12(15)10-19)16(20)18-14-7-4-6-13(17)9-14/h2-9,11,19H,10,17H2,1H3,(H,18,20). The molecule has 0 radical (unpaired) electrons. The molecule has 1 unspecified atom stereocenters. The molecule has 0 bridgehead atoms. The third-order valence-electron chi connectivity index (χ3n) is 2.97. The molecular formula is C16H18N2O3. The van der Waals surface area contributed by atoms with E-state index in [1.165, 1.54) is 0 Å². The third-order valence-corrected chi connectivity index (χ3v) is 2.97. The van der Waals surface area contributed by atoms with E-state index in [1.807, 2.05) is 0 Å². The van der Waals surface area contributed by atoms with Crippen molar-refractivity contribution in [2.75, 3.05) is 11.1 Å². The van der Waals surface area contributed by atoms with E-state index >= 15 is 0 Å². The number of para-hydroxylation sites is 1. The van der Waals surface area contributed by atoms with Crippen molar-refractivity contribution in [3.05, 3.63) is 54.1 Å². The molecule has 0 aliphatic carbocycles. The summed E-state index contributed by atoms with van der Waals surface area (Å²) >= 11 is 0. The molecule has 1 atom stereocenters. The van der Waals surface area contributed by atoms with Gasteiger partial charge in [-0.3, -0.25) is 4.79 Å². The van der Waals surface area contributed by atoms with E-state index in [0.717, 1.165) is 0 Å². The number of amides is 1. The fourth-order valence-corrected chi connectivity index (χ4v) is 1.85. The molecule has 4 N–H and O–H groups in total. The smallest absolute Gasteiger partial charge is 0.265 e. The number of aliphatic hydroxyl groups excluding tert-OH is 1. The van der Waals surface area contributed by atoms with Crippen LogP contribution in [0.15, 0.2) is 48.5 Å². The molecule has 21 heavy (non-hydrogen) atoms. The number of nitrogens with two attached hydrogens (primary N) is 1. The van der Waals surface area contributed by atoms with E-state index in [1.54, 1.807) is 55.5 Å². The van der Waals surface area contributed by atoms with Crippen molar-refractivity contribution in [2.24, 2.45) is 0 Å². The third kappa shape index (κ3) is 3.97. The Kier molecular flexibility index (Phi) is 4.79. The lowest BCUT2D eigenvalue weighted by molar-refractivity contribution is -0.122. The van der Waals surface area contributed by atoms with Gasteiger partial charge in [-0.2, -0.15) is 0 Å². The molecule has 0 saturated heterocycles. The second-order valence-corrected chi connectivity index (χ2v) is 4.64. The van der Waals surface area contributed by atoms with Crippen LogP contribution in [0.3, 0.4) is 0 Å². The summed E-state index contributed by atoms with van der Waals surface area (Å²) in [5.41, 5.74) is 7.49. The maximum absolute atomic E-state index is 12.1. The van der Waals surface area contributed by atoms with Crippen LogP contribution in [0.4, 0.5) is 11.4 Å². The number of rotatable bonds is 5. The fourth-order valence-electron chi connectivity index (χ4n) is 1.85. The molecule has 0 aliphatic rings. The molecular weight excluding hydrogens is 268 g/mol. The zero-order valence-corrected chi connectivity index (χ0v) is 11.7. The van der Waals surface area contributed by atoms with E-state index in [0.29, 0.717) is 22.7 Å². The van der Waals surface area contributed by atoms with Gasteiger partial charge in [0.2, 0.25) is 0 Å². The van der Waals surface area contributed by atoms with Gasteiger partial charge in [-0.05, 0) is 31.2 Å². The molecule has 0 spiro atoms. The van der Waals surface area contributed by atoms with E-state index < -0.39 is 6.10 Å². The van der Waals surface area contributed by atoms with Crippen LogP contribution >= 0.6 is 0 Å².